The SMILES string of the molecule is CCC(C(=O)Nc1ccc(-c2cc3c(o2)CCN(C(=O)c2ccc4c(c2)OCO4)C3)cc1)c1ccccc1. The number of anilines is 1. The fourth-order valence-electron chi connectivity index (χ4n) is 5.07. The number of benzene rings is 3. The maximum atomic E-state index is 13.1. The molecule has 1 aromatic heterocycles. The first-order valence-electron chi connectivity index (χ1n) is 12.9. The third-order valence-electron chi connectivity index (χ3n) is 7.14. The third-order valence-corrected chi connectivity index (χ3v) is 7.14. The molecule has 1 N–H and O–H groups in total. The number of ether oxygens (including phenoxy) is 2. The number of carbonyl (C=O) groups excluding carboxylic acids is 2. The second-order valence-corrected chi connectivity index (χ2v) is 9.54. The average Bonchev–Trinajstić information content (AvgIpc) is 3.60. The lowest BCUT2D eigenvalue weighted by atomic mass is 9.95. The van der Waals surface area contributed by atoms with Gasteiger partial charge in [0.1, 0.15) is 11.5 Å². The lowest BCUT2D eigenvalue weighted by Crippen LogP contribution is -2.35. The molecule has 1 atom stereocenters. The predicted octanol–water partition coefficient (Wildman–Crippen LogP) is 6.01. The smallest absolute Gasteiger partial charge is 0.254 e. The zero-order valence-corrected chi connectivity index (χ0v) is 21.1. The van der Waals surface area contributed by atoms with E-state index in [1.165, 1.54) is 0 Å². The highest BCUT2D eigenvalue weighted by atomic mass is 16.7. The van der Waals surface area contributed by atoms with Crippen LogP contribution < -0.4 is 14.8 Å². The van der Waals surface area contributed by atoms with E-state index >= 15 is 0 Å². The molecule has 38 heavy (non-hydrogen) atoms. The minimum atomic E-state index is -0.198. The van der Waals surface area contributed by atoms with Crippen LogP contribution in [0.2, 0.25) is 0 Å². The number of hydrogen-bond donors (Lipinski definition) is 1. The fraction of sp³-hybridized carbons (Fsp3) is 0.226. The van der Waals surface area contributed by atoms with Crippen molar-refractivity contribution in [2.24, 2.45) is 0 Å². The number of nitrogens with one attached hydrogen (secondary N) is 1. The summed E-state index contributed by atoms with van der Waals surface area (Å²) in [7, 11) is 0. The molecule has 192 valence electrons. The van der Waals surface area contributed by atoms with Crippen LogP contribution in [0, 0.1) is 0 Å². The van der Waals surface area contributed by atoms with Gasteiger partial charge in [-0.3, -0.25) is 9.59 Å². The van der Waals surface area contributed by atoms with Crippen molar-refractivity contribution in [3.05, 3.63) is 101 Å². The lowest BCUT2D eigenvalue weighted by molar-refractivity contribution is -0.117. The van der Waals surface area contributed by atoms with E-state index in [9.17, 15) is 9.59 Å². The zero-order chi connectivity index (χ0) is 26.1. The molecule has 2 aliphatic heterocycles. The molecule has 2 amide bonds. The van der Waals surface area contributed by atoms with Gasteiger partial charge in [0.2, 0.25) is 12.7 Å². The van der Waals surface area contributed by atoms with Crippen molar-refractivity contribution >= 4 is 17.5 Å². The van der Waals surface area contributed by atoms with E-state index in [4.69, 9.17) is 13.9 Å². The van der Waals surface area contributed by atoms with Gasteiger partial charge < -0.3 is 24.1 Å². The number of nitrogens with zero attached hydrogens (tertiary/aromatic N) is 1. The molecule has 7 heteroatoms. The minimum absolute atomic E-state index is 0.0212. The Morgan fingerprint density at radius 3 is 2.53 bits per heavy atom. The first kappa shape index (κ1) is 23.9. The normalized spacial score (nSPS) is 14.6. The Labute approximate surface area is 221 Å². The van der Waals surface area contributed by atoms with Crippen molar-refractivity contribution in [3.63, 3.8) is 0 Å². The lowest BCUT2D eigenvalue weighted by Gasteiger charge is -2.26. The van der Waals surface area contributed by atoms with Crippen molar-refractivity contribution in [3.8, 4) is 22.8 Å². The van der Waals surface area contributed by atoms with Crippen LogP contribution in [0.15, 0.2) is 83.3 Å². The highest BCUT2D eigenvalue weighted by Gasteiger charge is 2.27. The molecule has 6 rings (SSSR count). The van der Waals surface area contributed by atoms with Gasteiger partial charge in [-0.25, -0.2) is 0 Å². The Morgan fingerprint density at radius 2 is 1.74 bits per heavy atom. The molecular formula is C31H28N2O5. The first-order valence-corrected chi connectivity index (χ1v) is 12.9. The Bertz CT molecular complexity index is 1480. The summed E-state index contributed by atoms with van der Waals surface area (Å²) in [6.45, 7) is 3.26. The van der Waals surface area contributed by atoms with Gasteiger partial charge in [0, 0.05) is 41.9 Å². The van der Waals surface area contributed by atoms with Crippen LogP contribution in [0.25, 0.3) is 11.3 Å². The van der Waals surface area contributed by atoms with Crippen LogP contribution >= 0.6 is 0 Å². The van der Waals surface area contributed by atoms with E-state index in [0.29, 0.717) is 36.6 Å². The molecule has 0 bridgehead atoms. The maximum Gasteiger partial charge on any atom is 0.254 e. The topological polar surface area (TPSA) is 81.0 Å². The third kappa shape index (κ3) is 4.63. The molecule has 0 saturated heterocycles. The van der Waals surface area contributed by atoms with Gasteiger partial charge in [-0.15, -0.1) is 0 Å². The van der Waals surface area contributed by atoms with Crippen LogP contribution in [-0.2, 0) is 17.8 Å². The second-order valence-electron chi connectivity index (χ2n) is 9.54. The Kier molecular flexibility index (Phi) is 6.33. The zero-order valence-electron chi connectivity index (χ0n) is 21.1. The maximum absolute atomic E-state index is 13.1. The summed E-state index contributed by atoms with van der Waals surface area (Å²) < 4.78 is 16.9. The number of fused-ring (bicyclic) bond motifs is 2. The van der Waals surface area contributed by atoms with E-state index in [0.717, 1.165) is 40.3 Å². The number of hydrogen-bond acceptors (Lipinski definition) is 5. The summed E-state index contributed by atoms with van der Waals surface area (Å²) in [4.78, 5) is 27.9. The summed E-state index contributed by atoms with van der Waals surface area (Å²) in [5.41, 5.74) is 4.26. The number of rotatable bonds is 6. The summed E-state index contributed by atoms with van der Waals surface area (Å²) in [6, 6.07) is 24.8. The van der Waals surface area contributed by atoms with E-state index in [1.807, 2.05) is 72.5 Å². The Balaban J connectivity index is 1.13. The van der Waals surface area contributed by atoms with Gasteiger partial charge in [0.05, 0.1) is 5.92 Å². The molecule has 0 radical (unpaired) electrons. The second kappa shape index (κ2) is 10.1. The molecule has 3 heterocycles. The van der Waals surface area contributed by atoms with Crippen molar-refractivity contribution in [1.82, 2.24) is 4.90 Å². The standard InChI is InChI=1S/C31H28N2O5/c1-2-25(20-6-4-3-5-7-20)30(34)32-24-11-8-21(9-12-24)28-17-23-18-33(15-14-26(23)38-28)31(35)22-10-13-27-29(16-22)37-19-36-27/h3-13,16-17,25H,2,14-15,18-19H2,1H3,(H,32,34). The molecule has 2 aliphatic rings. The summed E-state index contributed by atoms with van der Waals surface area (Å²) in [5, 5.41) is 3.04. The quantitative estimate of drug-likeness (QED) is 0.345. The van der Waals surface area contributed by atoms with Crippen LogP contribution in [0.3, 0.4) is 0 Å². The van der Waals surface area contributed by atoms with Gasteiger partial charge in [-0.05, 0) is 60.5 Å². The van der Waals surface area contributed by atoms with Crippen LogP contribution in [0.1, 0.15) is 46.5 Å². The van der Waals surface area contributed by atoms with Gasteiger partial charge in [0.25, 0.3) is 5.91 Å². The highest BCUT2D eigenvalue weighted by molar-refractivity contribution is 5.96. The van der Waals surface area contributed by atoms with Crippen molar-refractivity contribution in [2.45, 2.75) is 32.2 Å². The fourth-order valence-corrected chi connectivity index (χ4v) is 5.07. The van der Waals surface area contributed by atoms with Crippen LogP contribution in [0.4, 0.5) is 5.69 Å². The van der Waals surface area contributed by atoms with E-state index < -0.39 is 0 Å². The highest BCUT2D eigenvalue weighted by Crippen LogP contribution is 2.34. The molecule has 0 fully saturated rings. The van der Waals surface area contributed by atoms with Crippen LogP contribution in [-0.4, -0.2) is 30.1 Å². The Hall–Kier alpha value is -4.52. The molecule has 3 aromatic carbocycles. The predicted molar refractivity (Wildman–Crippen MR) is 143 cm³/mol. The largest absolute Gasteiger partial charge is 0.461 e. The van der Waals surface area contributed by atoms with Crippen molar-refractivity contribution in [2.75, 3.05) is 18.7 Å². The van der Waals surface area contributed by atoms with Crippen molar-refractivity contribution in [1.29, 1.82) is 0 Å². The molecule has 0 spiro atoms. The molecule has 0 aliphatic carbocycles. The van der Waals surface area contributed by atoms with Gasteiger partial charge in [-0.2, -0.15) is 0 Å². The van der Waals surface area contributed by atoms with Gasteiger partial charge in [-0.1, -0.05) is 37.3 Å². The van der Waals surface area contributed by atoms with E-state index in [1.54, 1.807) is 18.2 Å². The summed E-state index contributed by atoms with van der Waals surface area (Å²) in [5.74, 6) is 2.65. The summed E-state index contributed by atoms with van der Waals surface area (Å²) >= 11 is 0. The molecule has 1 unspecified atom stereocenters. The number of furan rings is 1. The van der Waals surface area contributed by atoms with Gasteiger partial charge >= 0.3 is 0 Å². The van der Waals surface area contributed by atoms with Gasteiger partial charge in [0.15, 0.2) is 11.5 Å². The minimum Gasteiger partial charge on any atom is -0.461 e. The Morgan fingerprint density at radius 1 is 0.947 bits per heavy atom. The molecule has 4 aromatic rings. The number of amides is 2. The van der Waals surface area contributed by atoms with E-state index in [-0.39, 0.29) is 24.5 Å². The summed E-state index contributed by atoms with van der Waals surface area (Å²) in [6.07, 6.45) is 1.37. The average molecular weight is 509 g/mol. The van der Waals surface area contributed by atoms with Crippen molar-refractivity contribution < 1.29 is 23.5 Å². The number of carbonyl (C=O) groups is 2. The van der Waals surface area contributed by atoms with E-state index in [2.05, 4.69) is 5.32 Å². The van der Waals surface area contributed by atoms with Crippen LogP contribution in [0.5, 0.6) is 11.5 Å². The first-order chi connectivity index (χ1) is 18.6. The molecular weight excluding hydrogens is 480 g/mol. The molecule has 0 saturated carbocycles. The molecule has 7 nitrogen and oxygen atoms in total. The monoisotopic (exact) mass is 508 g/mol.